The second-order valence-electron chi connectivity index (χ2n) is 6.41. The summed E-state index contributed by atoms with van der Waals surface area (Å²) in [5, 5.41) is 2.86. The number of para-hydroxylation sites is 2. The number of imidazole rings is 1. The van der Waals surface area contributed by atoms with Gasteiger partial charge in [-0.05, 0) is 24.6 Å². The number of ether oxygens (including phenoxy) is 1. The van der Waals surface area contributed by atoms with Crippen LogP contribution in [0.5, 0.6) is 0 Å². The minimum Gasteiger partial charge on any atom is -0.469 e. The zero-order valence-electron chi connectivity index (χ0n) is 15.9. The van der Waals surface area contributed by atoms with E-state index in [0.29, 0.717) is 12.1 Å². The molecule has 0 saturated heterocycles. The maximum atomic E-state index is 12.7. The number of esters is 1. The number of hydrogen-bond donors (Lipinski definition) is 1. The van der Waals surface area contributed by atoms with Crippen LogP contribution in [-0.4, -0.2) is 28.1 Å². The fraction of sp³-hybridized carbons (Fsp3) is 0.286. The second kappa shape index (κ2) is 8.56. The van der Waals surface area contributed by atoms with Crippen LogP contribution in [0.15, 0.2) is 59.4 Å². The molecule has 1 N–H and O–H groups in total. The maximum Gasteiger partial charge on any atom is 0.329 e. The average molecular weight is 381 g/mol. The van der Waals surface area contributed by atoms with Crippen LogP contribution in [0.3, 0.4) is 0 Å². The van der Waals surface area contributed by atoms with Gasteiger partial charge in [-0.2, -0.15) is 0 Å². The normalized spacial score (nSPS) is 11.9. The van der Waals surface area contributed by atoms with Gasteiger partial charge in [0.15, 0.2) is 0 Å². The SMILES string of the molecule is CCn1c(=O)n(CC(=O)NC(CC(=O)OC)c2ccccc2)c2ccccc21. The van der Waals surface area contributed by atoms with Crippen LogP contribution in [0, 0.1) is 0 Å². The maximum absolute atomic E-state index is 12.7. The van der Waals surface area contributed by atoms with Gasteiger partial charge >= 0.3 is 11.7 Å². The predicted molar refractivity (Wildman–Crippen MR) is 106 cm³/mol. The topological polar surface area (TPSA) is 82.3 Å². The Bertz CT molecular complexity index is 1040. The average Bonchev–Trinajstić information content (AvgIpc) is 2.99. The molecule has 3 rings (SSSR count). The molecule has 7 nitrogen and oxygen atoms in total. The van der Waals surface area contributed by atoms with E-state index in [2.05, 4.69) is 5.32 Å². The van der Waals surface area contributed by atoms with Gasteiger partial charge in [0.05, 0.1) is 30.6 Å². The third kappa shape index (κ3) is 3.98. The van der Waals surface area contributed by atoms with Gasteiger partial charge in [-0.3, -0.25) is 18.7 Å². The van der Waals surface area contributed by atoms with Gasteiger partial charge < -0.3 is 10.1 Å². The minimum atomic E-state index is -0.531. The van der Waals surface area contributed by atoms with E-state index in [1.54, 1.807) is 4.57 Å². The zero-order valence-corrected chi connectivity index (χ0v) is 15.9. The lowest BCUT2D eigenvalue weighted by Gasteiger charge is -2.18. The van der Waals surface area contributed by atoms with Crippen molar-refractivity contribution in [2.24, 2.45) is 0 Å². The number of hydrogen-bond acceptors (Lipinski definition) is 4. The smallest absolute Gasteiger partial charge is 0.329 e. The molecule has 1 unspecified atom stereocenters. The Morgan fingerprint density at radius 3 is 2.21 bits per heavy atom. The molecule has 1 heterocycles. The highest BCUT2D eigenvalue weighted by molar-refractivity contribution is 5.81. The molecule has 0 fully saturated rings. The monoisotopic (exact) mass is 381 g/mol. The molecule has 0 aliphatic carbocycles. The standard InChI is InChI=1S/C21H23N3O4/c1-3-23-17-11-7-8-12-18(17)24(21(23)27)14-19(25)22-16(13-20(26)28-2)15-9-5-4-6-10-15/h4-12,16H,3,13-14H2,1-2H3,(H,22,25). The highest BCUT2D eigenvalue weighted by Crippen LogP contribution is 2.18. The molecule has 0 radical (unpaired) electrons. The van der Waals surface area contributed by atoms with Crippen molar-refractivity contribution in [3.63, 3.8) is 0 Å². The fourth-order valence-corrected chi connectivity index (χ4v) is 3.30. The van der Waals surface area contributed by atoms with Crippen molar-refractivity contribution in [2.45, 2.75) is 32.5 Å². The highest BCUT2D eigenvalue weighted by atomic mass is 16.5. The van der Waals surface area contributed by atoms with Crippen molar-refractivity contribution in [2.75, 3.05) is 7.11 Å². The van der Waals surface area contributed by atoms with Crippen LogP contribution < -0.4 is 11.0 Å². The van der Waals surface area contributed by atoms with Gasteiger partial charge in [0.2, 0.25) is 5.91 Å². The van der Waals surface area contributed by atoms with Gasteiger partial charge in [-0.15, -0.1) is 0 Å². The molecule has 146 valence electrons. The second-order valence-corrected chi connectivity index (χ2v) is 6.41. The lowest BCUT2D eigenvalue weighted by atomic mass is 10.0. The third-order valence-electron chi connectivity index (χ3n) is 4.68. The summed E-state index contributed by atoms with van der Waals surface area (Å²) in [6.07, 6.45) is 0.0118. The van der Waals surface area contributed by atoms with Crippen LogP contribution in [0.25, 0.3) is 11.0 Å². The molecule has 2 aromatic carbocycles. The van der Waals surface area contributed by atoms with Gasteiger partial charge in [0.1, 0.15) is 6.54 Å². The van der Waals surface area contributed by atoms with E-state index < -0.39 is 12.0 Å². The first kappa shape index (κ1) is 19.4. The Balaban J connectivity index is 1.86. The highest BCUT2D eigenvalue weighted by Gasteiger charge is 2.20. The molecule has 3 aromatic rings. The summed E-state index contributed by atoms with van der Waals surface area (Å²) in [4.78, 5) is 37.2. The minimum absolute atomic E-state index is 0.0118. The van der Waals surface area contributed by atoms with Crippen LogP contribution in [0.1, 0.15) is 24.9 Å². The number of benzene rings is 2. The fourth-order valence-electron chi connectivity index (χ4n) is 3.30. The summed E-state index contributed by atoms with van der Waals surface area (Å²) in [5.41, 5.74) is 2.05. The quantitative estimate of drug-likeness (QED) is 0.637. The van der Waals surface area contributed by atoms with Gasteiger partial charge in [0, 0.05) is 6.54 Å². The molecule has 1 aromatic heterocycles. The number of aryl methyl sites for hydroxylation is 1. The van der Waals surface area contributed by atoms with E-state index in [-0.39, 0.29) is 24.6 Å². The predicted octanol–water partition coefficient (Wildman–Crippen LogP) is 2.24. The van der Waals surface area contributed by atoms with Crippen LogP contribution >= 0.6 is 0 Å². The summed E-state index contributed by atoms with van der Waals surface area (Å²) in [5.74, 6) is -0.771. The number of nitrogens with zero attached hydrogens (tertiary/aromatic N) is 2. The van der Waals surface area contributed by atoms with Crippen molar-refractivity contribution in [3.8, 4) is 0 Å². The Morgan fingerprint density at radius 2 is 1.61 bits per heavy atom. The molecule has 1 atom stereocenters. The van der Waals surface area contributed by atoms with E-state index >= 15 is 0 Å². The number of rotatable bonds is 7. The molecule has 28 heavy (non-hydrogen) atoms. The summed E-state index contributed by atoms with van der Waals surface area (Å²) in [7, 11) is 1.31. The molecule has 0 bridgehead atoms. The summed E-state index contributed by atoms with van der Waals surface area (Å²) >= 11 is 0. The molecular weight excluding hydrogens is 358 g/mol. The molecular formula is C21H23N3O4. The number of aromatic nitrogens is 2. The summed E-state index contributed by atoms with van der Waals surface area (Å²) in [6.45, 7) is 2.28. The van der Waals surface area contributed by atoms with E-state index in [4.69, 9.17) is 4.74 Å². The van der Waals surface area contributed by atoms with Crippen molar-refractivity contribution >= 4 is 22.9 Å². The van der Waals surface area contributed by atoms with Gasteiger partial charge in [-0.1, -0.05) is 42.5 Å². The Morgan fingerprint density at radius 1 is 1.00 bits per heavy atom. The van der Waals surface area contributed by atoms with E-state index in [9.17, 15) is 14.4 Å². The number of fused-ring (bicyclic) bond motifs is 1. The van der Waals surface area contributed by atoms with Crippen molar-refractivity contribution in [1.29, 1.82) is 0 Å². The number of carbonyl (C=O) groups excluding carboxylic acids is 2. The van der Waals surface area contributed by atoms with Gasteiger partial charge in [0.25, 0.3) is 0 Å². The molecule has 1 amide bonds. The molecule has 0 aliphatic rings. The lowest BCUT2D eigenvalue weighted by Crippen LogP contribution is -2.36. The summed E-state index contributed by atoms with van der Waals surface area (Å²) in [6, 6.07) is 16.1. The number of carbonyl (C=O) groups is 2. The van der Waals surface area contributed by atoms with Crippen molar-refractivity contribution in [1.82, 2.24) is 14.5 Å². The molecule has 7 heteroatoms. The van der Waals surface area contributed by atoms with Crippen LogP contribution in [0.4, 0.5) is 0 Å². The Labute approximate surface area is 162 Å². The number of amides is 1. The summed E-state index contributed by atoms with van der Waals surface area (Å²) < 4.78 is 7.83. The molecule has 0 spiro atoms. The van der Waals surface area contributed by atoms with Crippen LogP contribution in [-0.2, 0) is 27.4 Å². The first-order valence-electron chi connectivity index (χ1n) is 9.14. The van der Waals surface area contributed by atoms with Gasteiger partial charge in [-0.25, -0.2) is 4.79 Å². The first-order valence-corrected chi connectivity index (χ1v) is 9.14. The largest absolute Gasteiger partial charge is 0.469 e. The van der Waals surface area contributed by atoms with Crippen molar-refractivity contribution in [3.05, 3.63) is 70.6 Å². The van der Waals surface area contributed by atoms with Crippen LogP contribution in [0.2, 0.25) is 0 Å². The zero-order chi connectivity index (χ0) is 20.1. The van der Waals surface area contributed by atoms with E-state index in [1.807, 2.05) is 61.5 Å². The number of nitrogens with one attached hydrogen (secondary N) is 1. The third-order valence-corrected chi connectivity index (χ3v) is 4.68. The van der Waals surface area contributed by atoms with E-state index in [0.717, 1.165) is 11.1 Å². The lowest BCUT2D eigenvalue weighted by molar-refractivity contribution is -0.141. The molecule has 0 aliphatic heterocycles. The van der Waals surface area contributed by atoms with E-state index in [1.165, 1.54) is 11.7 Å². The first-order chi connectivity index (χ1) is 13.5. The Hall–Kier alpha value is -3.35. The van der Waals surface area contributed by atoms with Crippen molar-refractivity contribution < 1.29 is 14.3 Å². The Kier molecular flexibility index (Phi) is 5.93. The molecule has 0 saturated carbocycles. The number of methoxy groups -OCH3 is 1.